The van der Waals surface area contributed by atoms with E-state index in [2.05, 4.69) is 73.1 Å². The second kappa shape index (κ2) is 6.51. The summed E-state index contributed by atoms with van der Waals surface area (Å²) in [5.41, 5.74) is 0. The Hall–Kier alpha value is 2.50. The van der Waals surface area contributed by atoms with Gasteiger partial charge in [-0.1, -0.05) is 85.8 Å². The zero-order valence-electron chi connectivity index (χ0n) is 14.5. The summed E-state index contributed by atoms with van der Waals surface area (Å²) < 4.78 is 0. The van der Waals surface area contributed by atoms with Crippen LogP contribution in [0.3, 0.4) is 0 Å². The van der Waals surface area contributed by atoms with E-state index in [1.807, 2.05) is 0 Å². The van der Waals surface area contributed by atoms with Gasteiger partial charge in [-0.15, -0.1) is 15.2 Å². The molecule has 0 aromatic carbocycles. The number of hydrogen-bond acceptors (Lipinski definition) is 0. The van der Waals surface area contributed by atoms with Gasteiger partial charge in [-0.05, 0) is 0 Å². The molecule has 0 N–H and O–H groups in total. The molecule has 0 spiro atoms. The Morgan fingerprint density at radius 1 is 0.647 bits per heavy atom. The normalized spacial score (nSPS) is 14.8. The van der Waals surface area contributed by atoms with Gasteiger partial charge in [-0.3, -0.25) is 7.35 Å². The molecule has 98 valence electrons. The van der Waals surface area contributed by atoms with E-state index in [0.717, 1.165) is 0 Å². The fraction of sp³-hybridized carbons (Fsp3) is 1.00. The van der Waals surface area contributed by atoms with Gasteiger partial charge in [-0.25, -0.2) is 0 Å². The summed E-state index contributed by atoms with van der Waals surface area (Å²) >= 11 is 0. The van der Waals surface area contributed by atoms with Crippen molar-refractivity contribution >= 4 is 30.1 Å². The first-order valence-electron chi connectivity index (χ1n) is 6.50. The molecule has 0 saturated carbocycles. The second-order valence-electron chi connectivity index (χ2n) is 8.75. The maximum atomic E-state index is 2.69. The molecule has 0 rings (SSSR count). The monoisotopic (exact) mass is 328 g/mol. The second-order valence-corrected chi connectivity index (χ2v) is 45.0. The third-order valence-electron chi connectivity index (χ3n) is 4.00. The van der Waals surface area contributed by atoms with Crippen LogP contribution in [0.1, 0.15) is 20.8 Å². The average molecular weight is 329 g/mol. The third-order valence-corrected chi connectivity index (χ3v) is 65.2. The standard InChI is InChI=1S/C12H33Si4.K/c1-12(2,3)16(10,11)13(14(4,5)6)15(7,8)9;/h1-11H3;/q-1;+1. The quantitative estimate of drug-likeness (QED) is 0.694. The first kappa shape index (κ1) is 21.8. The summed E-state index contributed by atoms with van der Waals surface area (Å²) in [6.07, 6.45) is 0. The first-order chi connectivity index (χ1) is 6.62. The molecule has 0 fully saturated rings. The predicted molar refractivity (Wildman–Crippen MR) is 89.6 cm³/mol. The minimum absolute atomic E-state index is 0. The molecule has 0 aliphatic carbocycles. The van der Waals surface area contributed by atoms with Crippen molar-refractivity contribution < 1.29 is 51.4 Å². The van der Waals surface area contributed by atoms with E-state index in [-0.39, 0.29) is 58.7 Å². The van der Waals surface area contributed by atoms with Crippen molar-refractivity contribution in [2.24, 2.45) is 0 Å². The molecule has 0 heterocycles. The average Bonchev–Trinajstić information content (AvgIpc) is 1.72. The van der Waals surface area contributed by atoms with Crippen LogP contribution in [0.4, 0.5) is 0 Å². The van der Waals surface area contributed by atoms with E-state index in [9.17, 15) is 0 Å². The van der Waals surface area contributed by atoms with Crippen LogP contribution in [-0.4, -0.2) is 30.1 Å². The number of rotatable bonds is 3. The van der Waals surface area contributed by atoms with E-state index in [0.29, 0.717) is 5.04 Å². The molecule has 0 aromatic heterocycles. The van der Waals surface area contributed by atoms with Gasteiger partial charge in [0.25, 0.3) is 0 Å². The number of hydrogen-bond donors (Lipinski definition) is 0. The molecule has 5 heteroatoms. The van der Waals surface area contributed by atoms with Gasteiger partial charge in [0.15, 0.2) is 0 Å². The van der Waals surface area contributed by atoms with Crippen molar-refractivity contribution in [3.05, 3.63) is 0 Å². The largest absolute Gasteiger partial charge is 1.00 e. The molecular weight excluding hydrogens is 296 g/mol. The summed E-state index contributed by atoms with van der Waals surface area (Å²) in [5.74, 6) is 0. The minimum atomic E-state index is -1.08. The molecule has 17 heavy (non-hydrogen) atoms. The Kier molecular flexibility index (Phi) is 8.35. The molecule has 0 aliphatic heterocycles. The van der Waals surface area contributed by atoms with Crippen LogP contribution < -0.4 is 51.4 Å². The van der Waals surface area contributed by atoms with E-state index >= 15 is 0 Å². The van der Waals surface area contributed by atoms with E-state index in [1.54, 1.807) is 0 Å². The molecule has 0 amide bonds. The maximum Gasteiger partial charge on any atom is 1.00 e. The van der Waals surface area contributed by atoms with E-state index in [4.69, 9.17) is 0 Å². The SMILES string of the molecule is CC(C)(C)[Si](C)(C)[Si-]([Si](C)(C)C)[Si](C)(C)C.[K+]. The zero-order chi connectivity index (χ0) is 13.6. The van der Waals surface area contributed by atoms with Crippen molar-refractivity contribution in [3.63, 3.8) is 0 Å². The summed E-state index contributed by atoms with van der Waals surface area (Å²) in [5, 5.41) is 0.585. The maximum absolute atomic E-state index is 2.69. The Labute approximate surface area is 157 Å². The minimum Gasteiger partial charge on any atom is -0.251 e. The Bertz CT molecular complexity index is 229. The van der Waals surface area contributed by atoms with Crippen LogP contribution in [0.2, 0.25) is 57.4 Å². The van der Waals surface area contributed by atoms with Crippen LogP contribution in [0.25, 0.3) is 0 Å². The van der Waals surface area contributed by atoms with Crippen LogP contribution in [0.5, 0.6) is 0 Å². The Morgan fingerprint density at radius 2 is 0.882 bits per heavy atom. The third kappa shape index (κ3) is 5.79. The van der Waals surface area contributed by atoms with Crippen LogP contribution >= 0.6 is 0 Å². The molecule has 0 atom stereocenters. The molecule has 0 aromatic rings. The molecule has 0 radical (unpaired) electrons. The smallest absolute Gasteiger partial charge is 0.251 e. The molecule has 0 saturated heterocycles. The van der Waals surface area contributed by atoms with Gasteiger partial charge in [0, 0.05) is 0 Å². The van der Waals surface area contributed by atoms with E-state index < -0.39 is 22.8 Å². The first-order valence-corrected chi connectivity index (χ1v) is 21.0. The summed E-state index contributed by atoms with van der Waals surface area (Å²) in [6.45, 7) is 28.7. The van der Waals surface area contributed by atoms with Gasteiger partial charge in [0.05, 0.1) is 0 Å². The summed E-state index contributed by atoms with van der Waals surface area (Å²) in [6, 6.07) is 0. The molecular formula is C12H33KSi4. The van der Waals surface area contributed by atoms with Crippen molar-refractivity contribution in [2.75, 3.05) is 0 Å². The van der Waals surface area contributed by atoms with Crippen LogP contribution in [0, 0.1) is 0 Å². The summed E-state index contributed by atoms with van der Waals surface area (Å²) in [7, 11) is -3.06. The zero-order valence-corrected chi connectivity index (χ0v) is 21.6. The van der Waals surface area contributed by atoms with Crippen molar-refractivity contribution in [1.29, 1.82) is 0 Å². The van der Waals surface area contributed by atoms with Gasteiger partial charge in [0.2, 0.25) is 0 Å². The Balaban J connectivity index is 0. The van der Waals surface area contributed by atoms with E-state index in [1.165, 1.54) is 0 Å². The molecule has 0 nitrogen and oxygen atoms in total. The van der Waals surface area contributed by atoms with Gasteiger partial charge in [-0.2, -0.15) is 0 Å². The fourth-order valence-corrected chi connectivity index (χ4v) is 91.1. The topological polar surface area (TPSA) is 0 Å². The van der Waals surface area contributed by atoms with Crippen LogP contribution in [0.15, 0.2) is 0 Å². The van der Waals surface area contributed by atoms with Crippen LogP contribution in [-0.2, 0) is 0 Å². The van der Waals surface area contributed by atoms with Gasteiger partial charge >= 0.3 is 51.4 Å². The predicted octanol–water partition coefficient (Wildman–Crippen LogP) is 1.91. The van der Waals surface area contributed by atoms with Crippen molar-refractivity contribution in [3.8, 4) is 0 Å². The van der Waals surface area contributed by atoms with Gasteiger partial charge in [0.1, 0.15) is 0 Å². The van der Waals surface area contributed by atoms with Crippen molar-refractivity contribution in [1.82, 2.24) is 0 Å². The van der Waals surface area contributed by atoms with Gasteiger partial charge < -0.3 is 0 Å². The molecule has 0 bridgehead atoms. The fourth-order valence-electron chi connectivity index (χ4n) is 3.38. The molecule has 0 aliphatic rings. The summed E-state index contributed by atoms with van der Waals surface area (Å²) in [4.78, 5) is 0. The Morgan fingerprint density at radius 3 is 0.941 bits per heavy atom. The molecule has 0 unspecified atom stereocenters. The van der Waals surface area contributed by atoms with Crippen molar-refractivity contribution in [2.45, 2.75) is 78.2 Å².